The van der Waals surface area contributed by atoms with E-state index in [0.29, 0.717) is 18.4 Å². The van der Waals surface area contributed by atoms with Crippen LogP contribution in [-0.4, -0.2) is 16.1 Å². The predicted molar refractivity (Wildman–Crippen MR) is 91.9 cm³/mol. The summed E-state index contributed by atoms with van der Waals surface area (Å²) in [7, 11) is 0. The van der Waals surface area contributed by atoms with E-state index in [2.05, 4.69) is 0 Å². The molecule has 9 heteroatoms. The molecule has 0 radical (unpaired) electrons. The summed E-state index contributed by atoms with van der Waals surface area (Å²) in [5.74, 6) is -0.0259. The summed E-state index contributed by atoms with van der Waals surface area (Å²) in [6.45, 7) is 0.422. The van der Waals surface area contributed by atoms with Crippen molar-refractivity contribution < 1.29 is 31.1 Å². The molecule has 126 valence electrons. The molecule has 0 bridgehead atoms. The zero-order valence-corrected chi connectivity index (χ0v) is 16.8. The number of carbonyl (C=O) groups excluding carboxylic acids is 2. The zero-order valence-electron chi connectivity index (χ0n) is 12.1. The maximum absolute atomic E-state index is 12.1. The lowest BCUT2D eigenvalue weighted by molar-refractivity contribution is -0.682. The SMILES string of the molecule is O=C(Cn1cc[n+](CC(=O)c2ccc(Cl)s2)c1)c1ccc(Cl)s1.[Br-]. The fourth-order valence-corrected chi connectivity index (χ4v) is 3.99. The summed E-state index contributed by atoms with van der Waals surface area (Å²) >= 11 is 14.2. The van der Waals surface area contributed by atoms with Gasteiger partial charge in [-0.25, -0.2) is 9.13 Å². The van der Waals surface area contributed by atoms with E-state index in [9.17, 15) is 9.59 Å². The molecule has 3 aromatic heterocycles. The van der Waals surface area contributed by atoms with Crippen LogP contribution in [-0.2, 0) is 13.1 Å². The summed E-state index contributed by atoms with van der Waals surface area (Å²) in [5.41, 5.74) is 0. The number of thiophene rings is 2. The second-order valence-corrected chi connectivity index (χ2v) is 8.24. The third-order valence-corrected chi connectivity index (χ3v) is 5.64. The van der Waals surface area contributed by atoms with Gasteiger partial charge in [-0.15, -0.1) is 22.7 Å². The Morgan fingerprint density at radius 1 is 1.00 bits per heavy atom. The first kappa shape index (κ1) is 19.3. The number of hydrogen-bond donors (Lipinski definition) is 0. The number of imidazole rings is 1. The van der Waals surface area contributed by atoms with Crippen molar-refractivity contribution in [3.63, 3.8) is 0 Å². The largest absolute Gasteiger partial charge is 1.00 e. The Labute approximate surface area is 167 Å². The van der Waals surface area contributed by atoms with Crippen molar-refractivity contribution in [2.45, 2.75) is 13.1 Å². The van der Waals surface area contributed by atoms with Crippen molar-refractivity contribution in [2.75, 3.05) is 0 Å². The molecule has 0 fully saturated rings. The van der Waals surface area contributed by atoms with Crippen molar-refractivity contribution in [3.05, 3.63) is 61.4 Å². The topological polar surface area (TPSA) is 43.0 Å². The Kier molecular flexibility index (Phi) is 6.77. The van der Waals surface area contributed by atoms with Gasteiger partial charge in [-0.05, 0) is 24.3 Å². The third kappa shape index (κ3) is 4.77. The van der Waals surface area contributed by atoms with Gasteiger partial charge in [0.15, 0.2) is 13.1 Å². The molecule has 0 unspecified atom stereocenters. The molecular formula is C15H11BrCl2N2O2S2. The van der Waals surface area contributed by atoms with E-state index in [1.807, 2.05) is 0 Å². The van der Waals surface area contributed by atoms with Crippen LogP contribution in [0.5, 0.6) is 0 Å². The first-order valence-corrected chi connectivity index (χ1v) is 9.02. The van der Waals surface area contributed by atoms with E-state index in [1.165, 1.54) is 22.7 Å². The van der Waals surface area contributed by atoms with Gasteiger partial charge >= 0.3 is 0 Å². The molecule has 0 N–H and O–H groups in total. The van der Waals surface area contributed by atoms with Gasteiger partial charge in [-0.3, -0.25) is 9.59 Å². The highest BCUT2D eigenvalue weighted by molar-refractivity contribution is 7.18. The Balaban J connectivity index is 0.00000208. The highest BCUT2D eigenvalue weighted by atomic mass is 79.9. The number of halogens is 3. The quantitative estimate of drug-likeness (QED) is 0.402. The molecule has 0 saturated carbocycles. The van der Waals surface area contributed by atoms with Crippen molar-refractivity contribution >= 4 is 57.4 Å². The molecule has 24 heavy (non-hydrogen) atoms. The molecule has 0 aliphatic heterocycles. The summed E-state index contributed by atoms with van der Waals surface area (Å²) in [4.78, 5) is 25.5. The van der Waals surface area contributed by atoms with Crippen LogP contribution in [0.4, 0.5) is 0 Å². The van der Waals surface area contributed by atoms with Crippen LogP contribution < -0.4 is 21.5 Å². The fourth-order valence-electron chi connectivity index (χ4n) is 2.04. The first-order valence-electron chi connectivity index (χ1n) is 6.63. The number of ketones is 2. The molecular weight excluding hydrogens is 455 g/mol. The summed E-state index contributed by atoms with van der Waals surface area (Å²) < 4.78 is 4.67. The number of hydrogen-bond acceptors (Lipinski definition) is 4. The van der Waals surface area contributed by atoms with Crippen LogP contribution in [0.2, 0.25) is 8.67 Å². The number of carbonyl (C=O) groups is 2. The molecule has 0 aliphatic rings. The van der Waals surface area contributed by atoms with Crippen LogP contribution >= 0.6 is 45.9 Å². The monoisotopic (exact) mass is 464 g/mol. The Bertz CT molecular complexity index is 804. The van der Waals surface area contributed by atoms with Gasteiger partial charge in [0.25, 0.3) is 0 Å². The predicted octanol–water partition coefficient (Wildman–Crippen LogP) is 0.975. The number of nitrogens with zero attached hydrogens (tertiary/aromatic N) is 2. The normalized spacial score (nSPS) is 10.4. The maximum atomic E-state index is 12.1. The summed E-state index contributed by atoms with van der Waals surface area (Å²) in [6, 6.07) is 6.86. The highest BCUT2D eigenvalue weighted by Gasteiger charge is 2.16. The molecule has 3 rings (SSSR count). The smallest absolute Gasteiger partial charge is 0.244 e. The lowest BCUT2D eigenvalue weighted by Gasteiger charge is -1.95. The fraction of sp³-hybridized carbons (Fsp3) is 0.133. The van der Waals surface area contributed by atoms with E-state index in [4.69, 9.17) is 23.2 Å². The summed E-state index contributed by atoms with van der Waals surface area (Å²) in [6.07, 6.45) is 5.27. The number of rotatable bonds is 6. The minimum Gasteiger partial charge on any atom is -1.00 e. The zero-order chi connectivity index (χ0) is 16.4. The van der Waals surface area contributed by atoms with Gasteiger partial charge in [0.05, 0.1) is 18.4 Å². The van der Waals surface area contributed by atoms with Crippen LogP contribution in [0.3, 0.4) is 0 Å². The van der Waals surface area contributed by atoms with Crippen LogP contribution in [0.15, 0.2) is 43.0 Å². The van der Waals surface area contributed by atoms with E-state index in [0.717, 1.165) is 0 Å². The van der Waals surface area contributed by atoms with Gasteiger partial charge in [-0.2, -0.15) is 0 Å². The van der Waals surface area contributed by atoms with Gasteiger partial charge in [-0.1, -0.05) is 23.2 Å². The van der Waals surface area contributed by atoms with Gasteiger partial charge in [0, 0.05) is 0 Å². The average molecular weight is 466 g/mol. The molecule has 0 amide bonds. The number of aromatic nitrogens is 2. The second kappa shape index (κ2) is 8.40. The molecule has 0 spiro atoms. The minimum atomic E-state index is -0.0129. The standard InChI is InChI=1S/C15H11Cl2N2O2S2.BrH/c16-14-3-1-12(22-14)10(20)7-18-5-6-19(9-18)8-11(21)13-2-4-15(17)23-13;/h1-6,9H,7-8H2;1H/q+1;/p-1. The third-order valence-electron chi connectivity index (χ3n) is 3.09. The lowest BCUT2D eigenvalue weighted by atomic mass is 10.3. The second-order valence-electron chi connectivity index (χ2n) is 4.81. The Morgan fingerprint density at radius 3 is 2.12 bits per heavy atom. The Hall–Kier alpha value is -0.990. The molecule has 4 nitrogen and oxygen atoms in total. The average Bonchev–Trinajstić information content (AvgIpc) is 3.21. The van der Waals surface area contributed by atoms with E-state index < -0.39 is 0 Å². The maximum Gasteiger partial charge on any atom is 0.244 e. The van der Waals surface area contributed by atoms with Crippen LogP contribution in [0, 0.1) is 0 Å². The molecule has 0 atom stereocenters. The van der Waals surface area contributed by atoms with Gasteiger partial charge in [0.1, 0.15) is 12.4 Å². The van der Waals surface area contributed by atoms with Crippen molar-refractivity contribution in [3.8, 4) is 0 Å². The van der Waals surface area contributed by atoms with Crippen LogP contribution in [0.1, 0.15) is 19.3 Å². The molecule has 0 aliphatic carbocycles. The van der Waals surface area contributed by atoms with Gasteiger partial charge < -0.3 is 17.0 Å². The Morgan fingerprint density at radius 2 is 1.58 bits per heavy atom. The molecule has 3 aromatic rings. The van der Waals surface area contributed by atoms with Crippen molar-refractivity contribution in [1.82, 2.24) is 4.57 Å². The van der Waals surface area contributed by atoms with Crippen molar-refractivity contribution in [2.24, 2.45) is 0 Å². The van der Waals surface area contributed by atoms with E-state index >= 15 is 0 Å². The van der Waals surface area contributed by atoms with E-state index in [-0.39, 0.29) is 41.6 Å². The van der Waals surface area contributed by atoms with Gasteiger partial charge in [0.2, 0.25) is 17.9 Å². The lowest BCUT2D eigenvalue weighted by Crippen LogP contribution is -3.00. The highest BCUT2D eigenvalue weighted by Crippen LogP contribution is 2.22. The molecule has 3 heterocycles. The number of Topliss-reactive ketones (excluding diaryl/α,β-unsaturated/α-hetero) is 2. The minimum absolute atomic E-state index is 0. The molecule has 0 aromatic carbocycles. The molecule has 0 saturated heterocycles. The first-order chi connectivity index (χ1) is 11.0. The van der Waals surface area contributed by atoms with E-state index in [1.54, 1.807) is 52.1 Å². The van der Waals surface area contributed by atoms with Crippen LogP contribution in [0.25, 0.3) is 0 Å². The summed E-state index contributed by atoms with van der Waals surface area (Å²) in [5, 5.41) is 0. The van der Waals surface area contributed by atoms with Crippen molar-refractivity contribution in [1.29, 1.82) is 0 Å².